The lowest BCUT2D eigenvalue weighted by molar-refractivity contribution is -0.117. The van der Waals surface area contributed by atoms with Crippen LogP contribution in [0.15, 0.2) is 35.1 Å². The summed E-state index contributed by atoms with van der Waals surface area (Å²) in [4.78, 5) is 30.7. The summed E-state index contributed by atoms with van der Waals surface area (Å²) in [6.07, 6.45) is -0.0959. The number of anilines is 1. The van der Waals surface area contributed by atoms with Crippen LogP contribution in [-0.4, -0.2) is 41.8 Å². The van der Waals surface area contributed by atoms with Crippen molar-refractivity contribution in [2.24, 2.45) is 5.73 Å². The second kappa shape index (κ2) is 6.84. The molecule has 2 N–H and O–H groups in total. The van der Waals surface area contributed by atoms with Crippen LogP contribution in [0.3, 0.4) is 0 Å². The van der Waals surface area contributed by atoms with Crippen LogP contribution in [0, 0.1) is 6.92 Å². The lowest BCUT2D eigenvalue weighted by Gasteiger charge is -2.28. The molecule has 0 aliphatic carbocycles. The van der Waals surface area contributed by atoms with E-state index in [9.17, 15) is 9.59 Å². The number of benzene rings is 1. The Bertz CT molecular complexity index is 810. The van der Waals surface area contributed by atoms with Crippen LogP contribution in [0.2, 0.25) is 0 Å². The van der Waals surface area contributed by atoms with Crippen LogP contribution in [0.1, 0.15) is 11.4 Å². The lowest BCUT2D eigenvalue weighted by Crippen LogP contribution is -2.38. The number of ether oxygens (including phenoxy) is 1. The van der Waals surface area contributed by atoms with Crippen molar-refractivity contribution < 1.29 is 9.53 Å². The molecule has 1 aromatic carbocycles. The number of hydrogen-bond acceptors (Lipinski definition) is 5. The van der Waals surface area contributed by atoms with Gasteiger partial charge in [-0.1, -0.05) is 12.1 Å². The minimum absolute atomic E-state index is 0.0959. The average Bonchev–Trinajstić information content (AvgIpc) is 2.54. The van der Waals surface area contributed by atoms with Crippen LogP contribution in [0.25, 0.3) is 5.69 Å². The Morgan fingerprint density at radius 3 is 2.71 bits per heavy atom. The van der Waals surface area contributed by atoms with E-state index in [2.05, 4.69) is 4.98 Å². The molecule has 2 heterocycles. The molecule has 24 heavy (non-hydrogen) atoms. The Kier molecular flexibility index (Phi) is 4.61. The molecule has 1 aliphatic rings. The van der Waals surface area contributed by atoms with E-state index < -0.39 is 5.91 Å². The number of rotatable bonds is 4. The number of aromatic nitrogens is 2. The van der Waals surface area contributed by atoms with Gasteiger partial charge in [-0.15, -0.1) is 0 Å². The van der Waals surface area contributed by atoms with Crippen molar-refractivity contribution in [2.45, 2.75) is 13.3 Å². The molecule has 0 spiro atoms. The molecule has 1 aromatic heterocycles. The van der Waals surface area contributed by atoms with Gasteiger partial charge in [0.25, 0.3) is 5.56 Å². The van der Waals surface area contributed by atoms with Gasteiger partial charge in [-0.3, -0.25) is 14.2 Å². The highest BCUT2D eigenvalue weighted by Crippen LogP contribution is 2.15. The second-order valence-electron chi connectivity index (χ2n) is 5.79. The molecule has 0 unspecified atom stereocenters. The third-order valence-electron chi connectivity index (χ3n) is 3.90. The molecule has 2 aromatic rings. The SMILES string of the molecule is Cc1cccc(-n2c(CC(N)=O)nc(N3CCOCC3)cc2=O)c1. The lowest BCUT2D eigenvalue weighted by atomic mass is 10.2. The van der Waals surface area contributed by atoms with E-state index in [4.69, 9.17) is 10.5 Å². The van der Waals surface area contributed by atoms with Crippen LogP contribution in [0.5, 0.6) is 0 Å². The summed E-state index contributed by atoms with van der Waals surface area (Å²) in [6, 6.07) is 8.99. The molecule has 0 saturated carbocycles. The molecule has 7 nitrogen and oxygen atoms in total. The van der Waals surface area contributed by atoms with Gasteiger partial charge >= 0.3 is 0 Å². The Hall–Kier alpha value is -2.67. The van der Waals surface area contributed by atoms with Crippen molar-refractivity contribution in [1.82, 2.24) is 9.55 Å². The minimum atomic E-state index is -0.526. The molecule has 3 rings (SSSR count). The third-order valence-corrected chi connectivity index (χ3v) is 3.90. The third kappa shape index (κ3) is 3.46. The van der Waals surface area contributed by atoms with Crippen molar-refractivity contribution >= 4 is 11.7 Å². The van der Waals surface area contributed by atoms with Gasteiger partial charge in [-0.2, -0.15) is 0 Å². The largest absolute Gasteiger partial charge is 0.378 e. The van der Waals surface area contributed by atoms with E-state index in [0.29, 0.717) is 43.6 Å². The number of primary amides is 1. The molecular weight excluding hydrogens is 308 g/mol. The highest BCUT2D eigenvalue weighted by Gasteiger charge is 2.18. The van der Waals surface area contributed by atoms with Gasteiger partial charge in [0, 0.05) is 19.2 Å². The second-order valence-corrected chi connectivity index (χ2v) is 5.79. The van der Waals surface area contributed by atoms with Crippen molar-refractivity contribution in [1.29, 1.82) is 0 Å². The molecule has 0 radical (unpaired) electrons. The zero-order valence-corrected chi connectivity index (χ0v) is 13.6. The summed E-state index contributed by atoms with van der Waals surface area (Å²) in [6.45, 7) is 4.45. The van der Waals surface area contributed by atoms with Crippen LogP contribution in [0.4, 0.5) is 5.82 Å². The van der Waals surface area contributed by atoms with Gasteiger partial charge in [0.05, 0.1) is 25.3 Å². The number of carbonyl (C=O) groups excluding carboxylic acids is 1. The van der Waals surface area contributed by atoms with Gasteiger partial charge in [0.2, 0.25) is 5.91 Å². The Labute approximate surface area is 139 Å². The highest BCUT2D eigenvalue weighted by atomic mass is 16.5. The molecule has 1 fully saturated rings. The molecule has 7 heteroatoms. The maximum Gasteiger partial charge on any atom is 0.260 e. The summed E-state index contributed by atoms with van der Waals surface area (Å²) >= 11 is 0. The van der Waals surface area contributed by atoms with Gasteiger partial charge < -0.3 is 15.4 Å². The van der Waals surface area contributed by atoms with E-state index in [1.807, 2.05) is 36.1 Å². The number of hydrogen-bond donors (Lipinski definition) is 1. The number of aryl methyl sites for hydroxylation is 1. The van der Waals surface area contributed by atoms with Gasteiger partial charge in [0.15, 0.2) is 0 Å². The standard InChI is InChI=1S/C17H20N4O3/c1-12-3-2-4-13(9-12)21-16(10-14(18)22)19-15(11-17(21)23)20-5-7-24-8-6-20/h2-4,9,11H,5-8,10H2,1H3,(H2,18,22). The zero-order chi connectivity index (χ0) is 17.1. The smallest absolute Gasteiger partial charge is 0.260 e. The van der Waals surface area contributed by atoms with E-state index in [1.165, 1.54) is 10.6 Å². The molecule has 1 amide bonds. The summed E-state index contributed by atoms with van der Waals surface area (Å²) in [5, 5.41) is 0. The molecule has 126 valence electrons. The first-order valence-corrected chi connectivity index (χ1v) is 7.85. The topological polar surface area (TPSA) is 90.4 Å². The van der Waals surface area contributed by atoms with Crippen LogP contribution >= 0.6 is 0 Å². The van der Waals surface area contributed by atoms with E-state index in [1.54, 1.807) is 0 Å². The molecule has 1 saturated heterocycles. The first-order valence-electron chi connectivity index (χ1n) is 7.85. The molecule has 0 atom stereocenters. The predicted octanol–water partition coefficient (Wildman–Crippen LogP) is 0.405. The monoisotopic (exact) mass is 328 g/mol. The number of nitrogens with zero attached hydrogens (tertiary/aromatic N) is 3. The molecule has 1 aliphatic heterocycles. The number of morpholine rings is 1. The van der Waals surface area contributed by atoms with E-state index in [0.717, 1.165) is 5.56 Å². The highest BCUT2D eigenvalue weighted by molar-refractivity contribution is 5.76. The van der Waals surface area contributed by atoms with Gasteiger partial charge in [-0.05, 0) is 24.6 Å². The zero-order valence-electron chi connectivity index (χ0n) is 13.6. The van der Waals surface area contributed by atoms with E-state index in [-0.39, 0.29) is 12.0 Å². The number of nitrogens with two attached hydrogens (primary N) is 1. The number of carbonyl (C=O) groups is 1. The molecule has 0 bridgehead atoms. The summed E-state index contributed by atoms with van der Waals surface area (Å²) in [7, 11) is 0. The first-order chi connectivity index (χ1) is 11.5. The van der Waals surface area contributed by atoms with E-state index >= 15 is 0 Å². The fourth-order valence-electron chi connectivity index (χ4n) is 2.79. The quantitative estimate of drug-likeness (QED) is 0.878. The fourth-order valence-corrected chi connectivity index (χ4v) is 2.79. The maximum absolute atomic E-state index is 12.7. The molecular formula is C17H20N4O3. The number of amides is 1. The Morgan fingerprint density at radius 2 is 2.04 bits per heavy atom. The van der Waals surface area contributed by atoms with Crippen LogP contribution < -0.4 is 16.2 Å². The van der Waals surface area contributed by atoms with Crippen molar-refractivity contribution in [2.75, 3.05) is 31.2 Å². The minimum Gasteiger partial charge on any atom is -0.378 e. The van der Waals surface area contributed by atoms with Crippen molar-refractivity contribution in [3.8, 4) is 5.69 Å². The van der Waals surface area contributed by atoms with Crippen LogP contribution in [-0.2, 0) is 16.0 Å². The first kappa shape index (κ1) is 16.2. The maximum atomic E-state index is 12.7. The van der Waals surface area contributed by atoms with Crippen molar-refractivity contribution in [3.05, 3.63) is 52.1 Å². The summed E-state index contributed by atoms with van der Waals surface area (Å²) < 4.78 is 6.77. The normalized spacial score (nSPS) is 14.6. The predicted molar refractivity (Wildman–Crippen MR) is 90.5 cm³/mol. The fraction of sp³-hybridized carbons (Fsp3) is 0.353. The summed E-state index contributed by atoms with van der Waals surface area (Å²) in [5.41, 5.74) is 6.82. The Balaban J connectivity index is 2.10. The summed E-state index contributed by atoms with van der Waals surface area (Å²) in [5.74, 6) is 0.382. The Morgan fingerprint density at radius 1 is 1.29 bits per heavy atom. The average molecular weight is 328 g/mol. The van der Waals surface area contributed by atoms with Gasteiger partial charge in [0.1, 0.15) is 11.6 Å². The van der Waals surface area contributed by atoms with Crippen molar-refractivity contribution in [3.63, 3.8) is 0 Å². The van der Waals surface area contributed by atoms with Gasteiger partial charge in [-0.25, -0.2) is 4.98 Å².